The molecule has 114 valence electrons. The minimum absolute atomic E-state index is 0.0298. The summed E-state index contributed by atoms with van der Waals surface area (Å²) in [6.45, 7) is 0.287. The molecule has 1 aromatic carbocycles. The minimum Gasteiger partial charge on any atom is -0.324 e. The van der Waals surface area contributed by atoms with Crippen LogP contribution in [0.4, 0.5) is 5.69 Å². The highest BCUT2D eigenvalue weighted by Crippen LogP contribution is 2.33. The Balaban J connectivity index is 1.93. The molecule has 0 amide bonds. The lowest BCUT2D eigenvalue weighted by Crippen LogP contribution is -2.40. The van der Waals surface area contributed by atoms with Gasteiger partial charge in [-0.3, -0.25) is 4.98 Å². The van der Waals surface area contributed by atoms with Crippen molar-refractivity contribution in [3.63, 3.8) is 0 Å². The maximum absolute atomic E-state index is 12.2. The van der Waals surface area contributed by atoms with Gasteiger partial charge in [0.25, 0.3) is 10.0 Å². The van der Waals surface area contributed by atoms with E-state index < -0.39 is 10.0 Å². The second-order valence-electron chi connectivity index (χ2n) is 4.52. The molecule has 0 atom stereocenters. The Morgan fingerprint density at radius 1 is 1.23 bits per heavy atom. The van der Waals surface area contributed by atoms with Gasteiger partial charge in [-0.25, -0.2) is 18.1 Å². The molecule has 9 heteroatoms. The van der Waals surface area contributed by atoms with Crippen molar-refractivity contribution >= 4 is 44.9 Å². The van der Waals surface area contributed by atoms with E-state index in [1.54, 1.807) is 18.5 Å². The van der Waals surface area contributed by atoms with Crippen LogP contribution in [0.1, 0.15) is 5.56 Å². The zero-order valence-corrected chi connectivity index (χ0v) is 13.4. The molecule has 0 fully saturated rings. The molecule has 0 saturated heterocycles. The Labute approximate surface area is 137 Å². The highest BCUT2D eigenvalue weighted by atomic mass is 35.5. The van der Waals surface area contributed by atoms with Crippen LogP contribution in [0.25, 0.3) is 0 Å². The molecular weight excluding hydrogens is 347 g/mol. The molecule has 22 heavy (non-hydrogen) atoms. The van der Waals surface area contributed by atoms with Gasteiger partial charge in [-0.1, -0.05) is 29.3 Å². The monoisotopic (exact) mass is 356 g/mol. The normalized spacial score (nSPS) is 17.5. The number of guanidine groups is 1. The number of anilines is 1. The van der Waals surface area contributed by atoms with Crippen LogP contribution in [0.3, 0.4) is 0 Å². The van der Waals surface area contributed by atoms with Crippen molar-refractivity contribution in [3.05, 3.63) is 52.3 Å². The number of nitrogens with one attached hydrogen (secondary N) is 2. The summed E-state index contributed by atoms with van der Waals surface area (Å²) in [6.07, 6.45) is 3.31. The van der Waals surface area contributed by atoms with Crippen molar-refractivity contribution < 1.29 is 8.42 Å². The molecule has 0 saturated carbocycles. The van der Waals surface area contributed by atoms with Crippen LogP contribution >= 0.6 is 23.2 Å². The van der Waals surface area contributed by atoms with Crippen LogP contribution in [0.15, 0.2) is 46.5 Å². The number of nitrogens with zero attached hydrogens (tertiary/aromatic N) is 2. The van der Waals surface area contributed by atoms with Crippen LogP contribution in [0, 0.1) is 0 Å². The quantitative estimate of drug-likeness (QED) is 0.866. The predicted octanol–water partition coefficient (Wildman–Crippen LogP) is 2.65. The molecule has 0 radical (unpaired) electrons. The Hall–Kier alpha value is -1.83. The number of rotatable bonds is 2. The molecule has 6 nitrogen and oxygen atoms in total. The summed E-state index contributed by atoms with van der Waals surface area (Å²) in [5.41, 5.74) is 1.19. The second kappa shape index (κ2) is 5.75. The lowest BCUT2D eigenvalue weighted by Gasteiger charge is -2.22. The molecule has 3 rings (SSSR count). The summed E-state index contributed by atoms with van der Waals surface area (Å²) in [5.74, 6) is 0.120. The van der Waals surface area contributed by atoms with Crippen molar-refractivity contribution in [3.8, 4) is 0 Å². The summed E-state index contributed by atoms with van der Waals surface area (Å²) in [7, 11) is -3.74. The fourth-order valence-corrected chi connectivity index (χ4v) is 3.46. The van der Waals surface area contributed by atoms with Crippen molar-refractivity contribution in [2.45, 2.75) is 11.4 Å². The fourth-order valence-electron chi connectivity index (χ4n) is 1.92. The highest BCUT2D eigenvalue weighted by molar-refractivity contribution is 7.90. The zero-order valence-electron chi connectivity index (χ0n) is 11.0. The van der Waals surface area contributed by atoms with E-state index in [9.17, 15) is 8.42 Å². The molecule has 2 N–H and O–H groups in total. The number of hydrogen-bond acceptors (Lipinski definition) is 4. The van der Waals surface area contributed by atoms with E-state index in [1.165, 1.54) is 12.1 Å². The Morgan fingerprint density at radius 2 is 2.00 bits per heavy atom. The van der Waals surface area contributed by atoms with Crippen molar-refractivity contribution in [1.29, 1.82) is 0 Å². The number of aliphatic imine (C=N–C) groups is 1. The molecule has 2 heterocycles. The van der Waals surface area contributed by atoms with E-state index in [-0.39, 0.29) is 27.4 Å². The molecule has 0 unspecified atom stereocenters. The number of aromatic nitrogens is 1. The Bertz CT molecular complexity index is 854. The highest BCUT2D eigenvalue weighted by Gasteiger charge is 2.27. The van der Waals surface area contributed by atoms with Crippen LogP contribution in [0.5, 0.6) is 0 Å². The standard InChI is InChI=1S/C13H10Cl2N4O2S/c14-9-4-11-12(5-10(9)15)22(20,21)19-13(18-11)17-7-8-2-1-3-16-6-8/h1-6H,7H2,(H2,17,18,19). The summed E-state index contributed by atoms with van der Waals surface area (Å²) in [5, 5.41) is 3.32. The maximum Gasteiger partial charge on any atom is 0.266 e. The van der Waals surface area contributed by atoms with Crippen molar-refractivity contribution in [2.24, 2.45) is 4.99 Å². The molecular formula is C13H10Cl2N4O2S. The van der Waals surface area contributed by atoms with Crippen molar-refractivity contribution in [1.82, 2.24) is 9.71 Å². The molecule has 0 bridgehead atoms. The van der Waals surface area contributed by atoms with Gasteiger partial charge in [-0.15, -0.1) is 0 Å². The lowest BCUT2D eigenvalue weighted by atomic mass is 10.3. The fraction of sp³-hybridized carbons (Fsp3) is 0.0769. The van der Waals surface area contributed by atoms with Crippen LogP contribution < -0.4 is 10.0 Å². The zero-order chi connectivity index (χ0) is 15.7. The molecule has 0 spiro atoms. The van der Waals surface area contributed by atoms with Gasteiger partial charge < -0.3 is 5.32 Å². The van der Waals surface area contributed by atoms with E-state index >= 15 is 0 Å². The number of fused-ring (bicyclic) bond motifs is 1. The van der Waals surface area contributed by atoms with E-state index in [1.807, 2.05) is 6.07 Å². The number of benzene rings is 1. The first-order chi connectivity index (χ1) is 10.5. The summed E-state index contributed by atoms with van der Waals surface area (Å²) < 4.78 is 26.8. The largest absolute Gasteiger partial charge is 0.324 e. The van der Waals surface area contributed by atoms with Gasteiger partial charge in [0.1, 0.15) is 4.90 Å². The molecule has 1 aliphatic heterocycles. The number of sulfonamides is 1. The molecule has 0 aliphatic carbocycles. The smallest absolute Gasteiger partial charge is 0.266 e. The predicted molar refractivity (Wildman–Crippen MR) is 85.8 cm³/mol. The summed E-state index contributed by atoms with van der Waals surface area (Å²) >= 11 is 11.8. The first-order valence-corrected chi connectivity index (χ1v) is 8.42. The first kappa shape index (κ1) is 15.1. The van der Waals surface area contributed by atoms with Gasteiger partial charge >= 0.3 is 0 Å². The van der Waals surface area contributed by atoms with E-state index in [4.69, 9.17) is 23.2 Å². The van der Waals surface area contributed by atoms with E-state index in [0.717, 1.165) is 5.56 Å². The minimum atomic E-state index is -3.74. The summed E-state index contributed by atoms with van der Waals surface area (Å²) in [4.78, 5) is 8.20. The van der Waals surface area contributed by atoms with Crippen LogP contribution in [0.2, 0.25) is 10.0 Å². The third-order valence-corrected chi connectivity index (χ3v) is 5.04. The average Bonchev–Trinajstić information content (AvgIpc) is 2.48. The number of halogens is 2. The third-order valence-electron chi connectivity index (χ3n) is 2.94. The number of hydrogen-bond donors (Lipinski definition) is 2. The number of pyridine rings is 1. The Kier molecular flexibility index (Phi) is 3.94. The lowest BCUT2D eigenvalue weighted by molar-refractivity contribution is 0.591. The Morgan fingerprint density at radius 3 is 2.73 bits per heavy atom. The van der Waals surface area contributed by atoms with Gasteiger partial charge in [0, 0.05) is 12.4 Å². The van der Waals surface area contributed by atoms with E-state index in [2.05, 4.69) is 20.0 Å². The van der Waals surface area contributed by atoms with Gasteiger partial charge in [0.05, 0.1) is 22.3 Å². The average molecular weight is 357 g/mol. The second-order valence-corrected chi connectivity index (χ2v) is 6.98. The topological polar surface area (TPSA) is 83.5 Å². The van der Waals surface area contributed by atoms with Gasteiger partial charge in [-0.2, -0.15) is 0 Å². The van der Waals surface area contributed by atoms with Gasteiger partial charge in [-0.05, 0) is 23.8 Å². The van der Waals surface area contributed by atoms with Gasteiger partial charge in [0.15, 0.2) is 0 Å². The van der Waals surface area contributed by atoms with Crippen LogP contribution in [-0.4, -0.2) is 19.4 Å². The maximum atomic E-state index is 12.2. The summed E-state index contributed by atoms with van der Waals surface area (Å²) in [6, 6.07) is 6.38. The van der Waals surface area contributed by atoms with Crippen LogP contribution in [-0.2, 0) is 16.6 Å². The van der Waals surface area contributed by atoms with Crippen molar-refractivity contribution in [2.75, 3.05) is 5.32 Å². The third kappa shape index (κ3) is 3.01. The molecule has 1 aromatic heterocycles. The molecule has 1 aliphatic rings. The SMILES string of the molecule is O=S1(=O)NC(=NCc2cccnc2)Nc2cc(Cl)c(Cl)cc21. The van der Waals surface area contributed by atoms with E-state index in [0.29, 0.717) is 5.69 Å². The van der Waals surface area contributed by atoms with Gasteiger partial charge in [0.2, 0.25) is 5.96 Å². The first-order valence-electron chi connectivity index (χ1n) is 6.18. The molecule has 2 aromatic rings.